The monoisotopic (exact) mass is 416 g/mol. The van der Waals surface area contributed by atoms with E-state index in [1.165, 1.54) is 0 Å². The van der Waals surface area contributed by atoms with Gasteiger partial charge in [0.15, 0.2) is 0 Å². The Balaban J connectivity index is 2.12. The van der Waals surface area contributed by atoms with E-state index in [1.807, 2.05) is 19.1 Å². The van der Waals surface area contributed by atoms with E-state index in [1.54, 1.807) is 42.0 Å². The van der Waals surface area contributed by atoms with E-state index in [4.69, 9.17) is 16.3 Å². The summed E-state index contributed by atoms with van der Waals surface area (Å²) >= 11 is 10.1. The van der Waals surface area contributed by atoms with Gasteiger partial charge in [0.25, 0.3) is 5.91 Å². The number of methoxy groups -OCH3 is 1. The van der Waals surface area contributed by atoms with Crippen LogP contribution >= 0.6 is 24.2 Å². The molecule has 0 atom stereocenters. The molecule has 28 heavy (non-hydrogen) atoms. The number of carbonyl (C=O) groups excluding carboxylic acids is 2. The SMILES string of the molecule is COc1ccc2c(c1)c(CC(=O)NCCS)c(C)n2C(=O)c1ccc(Cl)cc1. The average Bonchev–Trinajstić information content (AvgIpc) is 2.97. The molecule has 3 aromatic rings. The number of thiol groups is 1. The van der Waals surface area contributed by atoms with Crippen molar-refractivity contribution >= 4 is 46.9 Å². The predicted molar refractivity (Wildman–Crippen MR) is 115 cm³/mol. The van der Waals surface area contributed by atoms with Gasteiger partial charge in [-0.3, -0.25) is 14.2 Å². The maximum atomic E-state index is 13.2. The molecule has 0 saturated heterocycles. The Labute approximate surface area is 174 Å². The van der Waals surface area contributed by atoms with Crippen LogP contribution in [0.4, 0.5) is 0 Å². The second-order valence-electron chi connectivity index (χ2n) is 6.34. The molecular formula is C21H21ClN2O3S. The van der Waals surface area contributed by atoms with E-state index < -0.39 is 0 Å². The van der Waals surface area contributed by atoms with Crippen molar-refractivity contribution in [3.05, 3.63) is 64.3 Å². The van der Waals surface area contributed by atoms with Crippen LogP contribution in [-0.4, -0.2) is 35.8 Å². The van der Waals surface area contributed by atoms with Gasteiger partial charge in [0.2, 0.25) is 5.91 Å². The normalized spacial score (nSPS) is 10.9. The molecule has 7 heteroatoms. The van der Waals surface area contributed by atoms with Gasteiger partial charge in [-0.1, -0.05) is 11.6 Å². The summed E-state index contributed by atoms with van der Waals surface area (Å²) in [5.41, 5.74) is 2.78. The molecule has 5 nitrogen and oxygen atoms in total. The van der Waals surface area contributed by atoms with Gasteiger partial charge in [-0.25, -0.2) is 0 Å². The molecule has 0 radical (unpaired) electrons. The molecule has 0 aliphatic rings. The molecule has 0 fully saturated rings. The number of carbonyl (C=O) groups is 2. The van der Waals surface area contributed by atoms with E-state index in [-0.39, 0.29) is 18.2 Å². The van der Waals surface area contributed by atoms with Crippen molar-refractivity contribution in [2.75, 3.05) is 19.4 Å². The molecule has 2 aromatic carbocycles. The molecular weight excluding hydrogens is 396 g/mol. The first kappa shape index (κ1) is 20.3. The zero-order chi connectivity index (χ0) is 20.3. The van der Waals surface area contributed by atoms with Gasteiger partial charge in [0, 0.05) is 34.0 Å². The molecule has 1 N–H and O–H groups in total. The Morgan fingerprint density at radius 2 is 1.89 bits per heavy atom. The number of ether oxygens (including phenoxy) is 1. The number of amides is 1. The largest absolute Gasteiger partial charge is 0.497 e. The topological polar surface area (TPSA) is 60.3 Å². The average molecular weight is 417 g/mol. The highest BCUT2D eigenvalue weighted by Gasteiger charge is 2.21. The summed E-state index contributed by atoms with van der Waals surface area (Å²) in [6.07, 6.45) is 0.171. The standard InChI is InChI=1S/C21H21ClN2O3S/c1-13-17(12-20(25)23-9-10-28)18-11-16(27-2)7-8-19(18)24(13)21(26)14-3-5-15(22)6-4-14/h3-8,11,28H,9-10,12H2,1-2H3,(H,23,25). The Hall–Kier alpha value is -2.44. The van der Waals surface area contributed by atoms with Crippen molar-refractivity contribution < 1.29 is 14.3 Å². The van der Waals surface area contributed by atoms with Crippen LogP contribution < -0.4 is 10.1 Å². The minimum atomic E-state index is -0.175. The van der Waals surface area contributed by atoms with Crippen molar-refractivity contribution in [3.63, 3.8) is 0 Å². The van der Waals surface area contributed by atoms with Crippen LogP contribution in [0.15, 0.2) is 42.5 Å². The van der Waals surface area contributed by atoms with E-state index in [0.29, 0.717) is 28.6 Å². The highest BCUT2D eigenvalue weighted by molar-refractivity contribution is 7.80. The van der Waals surface area contributed by atoms with Gasteiger partial charge >= 0.3 is 0 Å². The summed E-state index contributed by atoms with van der Waals surface area (Å²) in [6, 6.07) is 12.3. The fourth-order valence-corrected chi connectivity index (χ4v) is 3.45. The number of halogens is 1. The minimum Gasteiger partial charge on any atom is -0.497 e. The van der Waals surface area contributed by atoms with Gasteiger partial charge in [0.1, 0.15) is 5.75 Å². The number of nitrogens with zero attached hydrogens (tertiary/aromatic N) is 1. The van der Waals surface area contributed by atoms with Crippen LogP contribution in [0.25, 0.3) is 10.9 Å². The molecule has 1 heterocycles. The molecule has 0 bridgehead atoms. The predicted octanol–water partition coefficient (Wildman–Crippen LogP) is 3.89. The Morgan fingerprint density at radius 3 is 2.54 bits per heavy atom. The Bertz CT molecular complexity index is 1030. The molecule has 146 valence electrons. The highest BCUT2D eigenvalue weighted by atomic mass is 35.5. The first-order chi connectivity index (χ1) is 13.5. The quantitative estimate of drug-likeness (QED) is 0.599. The smallest absolute Gasteiger partial charge is 0.262 e. The van der Waals surface area contributed by atoms with Crippen molar-refractivity contribution in [1.82, 2.24) is 9.88 Å². The minimum absolute atomic E-state index is 0.113. The first-order valence-corrected chi connectivity index (χ1v) is 9.83. The number of hydrogen-bond donors (Lipinski definition) is 2. The molecule has 0 spiro atoms. The lowest BCUT2D eigenvalue weighted by Gasteiger charge is -2.08. The number of benzene rings is 2. The molecule has 0 unspecified atom stereocenters. The summed E-state index contributed by atoms with van der Waals surface area (Å²) in [5.74, 6) is 0.944. The van der Waals surface area contributed by atoms with Crippen molar-refractivity contribution in [1.29, 1.82) is 0 Å². The van der Waals surface area contributed by atoms with Crippen LogP contribution in [0.3, 0.4) is 0 Å². The first-order valence-electron chi connectivity index (χ1n) is 8.82. The summed E-state index contributed by atoms with van der Waals surface area (Å²) in [4.78, 5) is 25.5. The second kappa shape index (κ2) is 8.71. The van der Waals surface area contributed by atoms with Crippen LogP contribution in [0.5, 0.6) is 5.75 Å². The third-order valence-corrected chi connectivity index (χ3v) is 5.08. The van der Waals surface area contributed by atoms with Crippen molar-refractivity contribution in [2.45, 2.75) is 13.3 Å². The maximum Gasteiger partial charge on any atom is 0.262 e. The third-order valence-electron chi connectivity index (χ3n) is 4.61. The molecule has 0 aliphatic carbocycles. The summed E-state index contributed by atoms with van der Waals surface area (Å²) in [6.45, 7) is 2.34. The molecule has 3 rings (SSSR count). The van der Waals surface area contributed by atoms with E-state index in [0.717, 1.165) is 22.2 Å². The fraction of sp³-hybridized carbons (Fsp3) is 0.238. The summed E-state index contributed by atoms with van der Waals surface area (Å²) < 4.78 is 6.97. The van der Waals surface area contributed by atoms with Crippen LogP contribution in [0.2, 0.25) is 5.02 Å². The molecule has 1 aromatic heterocycles. The van der Waals surface area contributed by atoms with E-state index >= 15 is 0 Å². The number of aromatic nitrogens is 1. The molecule has 0 aliphatic heterocycles. The number of fused-ring (bicyclic) bond motifs is 1. The summed E-state index contributed by atoms with van der Waals surface area (Å²) in [5, 5.41) is 4.21. The van der Waals surface area contributed by atoms with Gasteiger partial charge < -0.3 is 10.1 Å². The van der Waals surface area contributed by atoms with Gasteiger partial charge in [-0.2, -0.15) is 12.6 Å². The lowest BCUT2D eigenvalue weighted by atomic mass is 10.1. The van der Waals surface area contributed by atoms with Crippen LogP contribution in [-0.2, 0) is 11.2 Å². The number of hydrogen-bond acceptors (Lipinski definition) is 4. The third kappa shape index (κ3) is 4.03. The maximum absolute atomic E-state index is 13.2. The zero-order valence-electron chi connectivity index (χ0n) is 15.7. The van der Waals surface area contributed by atoms with Crippen LogP contribution in [0, 0.1) is 6.92 Å². The zero-order valence-corrected chi connectivity index (χ0v) is 17.3. The van der Waals surface area contributed by atoms with Gasteiger partial charge in [-0.05, 0) is 55.0 Å². The van der Waals surface area contributed by atoms with Gasteiger partial charge in [0.05, 0.1) is 19.0 Å². The Kier molecular flexibility index (Phi) is 6.31. The fourth-order valence-electron chi connectivity index (χ4n) is 3.21. The van der Waals surface area contributed by atoms with Crippen LogP contribution in [0.1, 0.15) is 21.6 Å². The number of nitrogens with one attached hydrogen (secondary N) is 1. The number of rotatable bonds is 6. The molecule has 0 saturated carbocycles. The van der Waals surface area contributed by atoms with Gasteiger partial charge in [-0.15, -0.1) is 0 Å². The molecule has 1 amide bonds. The van der Waals surface area contributed by atoms with Crippen molar-refractivity contribution in [3.8, 4) is 5.75 Å². The lowest BCUT2D eigenvalue weighted by Crippen LogP contribution is -2.27. The highest BCUT2D eigenvalue weighted by Crippen LogP contribution is 2.30. The van der Waals surface area contributed by atoms with Crippen molar-refractivity contribution in [2.24, 2.45) is 0 Å². The van der Waals surface area contributed by atoms with E-state index in [2.05, 4.69) is 17.9 Å². The Morgan fingerprint density at radius 1 is 1.18 bits per heavy atom. The second-order valence-corrected chi connectivity index (χ2v) is 7.23. The van der Waals surface area contributed by atoms with E-state index in [9.17, 15) is 9.59 Å². The lowest BCUT2D eigenvalue weighted by molar-refractivity contribution is -0.120. The summed E-state index contributed by atoms with van der Waals surface area (Å²) in [7, 11) is 1.59.